The van der Waals surface area contributed by atoms with Crippen molar-refractivity contribution in [1.29, 1.82) is 0 Å². The van der Waals surface area contributed by atoms with Crippen molar-refractivity contribution < 1.29 is 8.42 Å². The number of nitrogens with one attached hydrogen (secondary N) is 1. The average molecular weight is 283 g/mol. The third kappa shape index (κ3) is 4.73. The Bertz CT molecular complexity index is 330. The Kier molecular flexibility index (Phi) is 5.70. The maximum atomic E-state index is 11.8. The summed E-state index contributed by atoms with van der Waals surface area (Å²) in [6.07, 6.45) is 6.36. The van der Waals surface area contributed by atoms with E-state index >= 15 is 0 Å². The molecule has 2 atom stereocenters. The summed E-state index contributed by atoms with van der Waals surface area (Å²) >= 11 is 0. The van der Waals surface area contributed by atoms with Crippen molar-refractivity contribution in [2.75, 3.05) is 12.3 Å². The number of hydrogen-bond acceptors (Lipinski definition) is 3. The summed E-state index contributed by atoms with van der Waals surface area (Å²) in [5.74, 6) is 1.31. The van der Waals surface area contributed by atoms with Crippen molar-refractivity contribution in [2.24, 2.45) is 17.6 Å². The van der Waals surface area contributed by atoms with E-state index in [1.807, 2.05) is 0 Å². The van der Waals surface area contributed by atoms with Gasteiger partial charge in [0, 0.05) is 6.04 Å². The number of hydrogen-bond donors (Lipinski definition) is 2. The lowest BCUT2D eigenvalue weighted by molar-refractivity contribution is 0.452. The maximum Gasteiger partial charge on any atom is 0.211 e. The van der Waals surface area contributed by atoms with Crippen LogP contribution in [-0.4, -0.2) is 26.8 Å². The molecule has 2 unspecified atom stereocenters. The summed E-state index contributed by atoms with van der Waals surface area (Å²) in [6, 6.07) is 0.0919. The topological polar surface area (TPSA) is 72.2 Å². The van der Waals surface area contributed by atoms with Gasteiger partial charge in [0.1, 0.15) is 0 Å². The van der Waals surface area contributed by atoms with Gasteiger partial charge in [-0.15, -0.1) is 12.4 Å². The fraction of sp³-hybridized carbons (Fsp3) is 1.00. The molecule has 17 heavy (non-hydrogen) atoms. The van der Waals surface area contributed by atoms with E-state index < -0.39 is 10.0 Å². The molecule has 0 aromatic heterocycles. The number of nitrogens with two attached hydrogens (primary N) is 1. The van der Waals surface area contributed by atoms with E-state index in [1.54, 1.807) is 0 Å². The second-order valence-electron chi connectivity index (χ2n) is 5.20. The Hall–Kier alpha value is 0.160. The Morgan fingerprint density at radius 2 is 1.88 bits per heavy atom. The van der Waals surface area contributed by atoms with Crippen LogP contribution in [0, 0.1) is 11.8 Å². The van der Waals surface area contributed by atoms with Crippen LogP contribution >= 0.6 is 12.4 Å². The molecule has 3 N–H and O–H groups in total. The zero-order valence-corrected chi connectivity index (χ0v) is 11.7. The van der Waals surface area contributed by atoms with E-state index in [-0.39, 0.29) is 18.4 Å². The molecule has 4 nitrogen and oxygen atoms in total. The number of halogens is 1. The van der Waals surface area contributed by atoms with Gasteiger partial charge in [-0.3, -0.25) is 0 Å². The van der Waals surface area contributed by atoms with Crippen molar-refractivity contribution in [2.45, 2.75) is 44.6 Å². The van der Waals surface area contributed by atoms with Crippen LogP contribution < -0.4 is 10.5 Å². The molecule has 102 valence electrons. The van der Waals surface area contributed by atoms with Crippen LogP contribution in [0.25, 0.3) is 0 Å². The highest BCUT2D eigenvalue weighted by atomic mass is 35.5. The molecule has 2 saturated carbocycles. The summed E-state index contributed by atoms with van der Waals surface area (Å²) in [6.45, 7) is 0.593. The molecule has 0 spiro atoms. The Balaban J connectivity index is 0.00000144. The maximum absolute atomic E-state index is 11.8. The molecule has 0 aromatic carbocycles. The molecule has 0 aliphatic heterocycles. The van der Waals surface area contributed by atoms with Crippen LogP contribution in [0.1, 0.15) is 38.5 Å². The quantitative estimate of drug-likeness (QED) is 0.770. The predicted molar refractivity (Wildman–Crippen MR) is 71.7 cm³/mol. The first-order valence-electron chi connectivity index (χ1n) is 6.31. The second-order valence-corrected chi connectivity index (χ2v) is 7.08. The van der Waals surface area contributed by atoms with E-state index in [4.69, 9.17) is 5.73 Å². The van der Waals surface area contributed by atoms with Crippen molar-refractivity contribution in [3.05, 3.63) is 0 Å². The second kappa shape index (κ2) is 6.36. The van der Waals surface area contributed by atoms with Gasteiger partial charge in [0.2, 0.25) is 10.0 Å². The highest BCUT2D eigenvalue weighted by molar-refractivity contribution is 7.89. The van der Waals surface area contributed by atoms with Gasteiger partial charge in [0.25, 0.3) is 0 Å². The van der Waals surface area contributed by atoms with E-state index in [2.05, 4.69) is 4.72 Å². The molecule has 0 bridgehead atoms. The van der Waals surface area contributed by atoms with Gasteiger partial charge in [-0.25, -0.2) is 13.1 Å². The number of rotatable bonds is 6. The lowest BCUT2D eigenvalue weighted by Crippen LogP contribution is -2.40. The van der Waals surface area contributed by atoms with E-state index in [1.165, 1.54) is 12.8 Å². The Morgan fingerprint density at radius 1 is 1.18 bits per heavy atom. The SMILES string of the molecule is Cl.NCC1CCCC1NS(=O)(=O)CCC1CC1. The fourth-order valence-electron chi connectivity index (χ4n) is 2.49. The van der Waals surface area contributed by atoms with Gasteiger partial charge in [-0.05, 0) is 37.6 Å². The highest BCUT2D eigenvalue weighted by Gasteiger charge is 2.30. The van der Waals surface area contributed by atoms with Crippen LogP contribution in [0.2, 0.25) is 0 Å². The first-order valence-corrected chi connectivity index (χ1v) is 7.96. The van der Waals surface area contributed by atoms with Gasteiger partial charge < -0.3 is 5.73 Å². The van der Waals surface area contributed by atoms with E-state index in [0.717, 1.165) is 25.7 Å². The van der Waals surface area contributed by atoms with Crippen molar-refractivity contribution >= 4 is 22.4 Å². The Labute approximate surface area is 110 Å². The molecule has 2 aliphatic rings. The minimum atomic E-state index is -3.07. The van der Waals surface area contributed by atoms with Gasteiger partial charge >= 0.3 is 0 Å². The first-order chi connectivity index (χ1) is 7.61. The molecule has 2 fully saturated rings. The minimum Gasteiger partial charge on any atom is -0.330 e. The normalized spacial score (nSPS) is 29.0. The molecule has 2 rings (SSSR count). The molecule has 0 aromatic rings. The van der Waals surface area contributed by atoms with Crippen LogP contribution in [0.15, 0.2) is 0 Å². The monoisotopic (exact) mass is 282 g/mol. The summed E-state index contributed by atoms with van der Waals surface area (Å²) in [4.78, 5) is 0. The van der Waals surface area contributed by atoms with Crippen LogP contribution in [0.5, 0.6) is 0 Å². The van der Waals surface area contributed by atoms with Crippen LogP contribution in [-0.2, 0) is 10.0 Å². The van der Waals surface area contributed by atoms with Crippen molar-refractivity contribution in [3.63, 3.8) is 0 Å². The molecular formula is C11H23ClN2O2S. The zero-order chi connectivity index (χ0) is 11.6. The lowest BCUT2D eigenvalue weighted by Gasteiger charge is -2.19. The molecule has 2 aliphatic carbocycles. The van der Waals surface area contributed by atoms with Gasteiger partial charge in [-0.2, -0.15) is 0 Å². The highest BCUT2D eigenvalue weighted by Crippen LogP contribution is 2.32. The Morgan fingerprint density at radius 3 is 2.47 bits per heavy atom. The number of sulfonamides is 1. The smallest absolute Gasteiger partial charge is 0.211 e. The summed E-state index contributed by atoms with van der Waals surface area (Å²) in [7, 11) is -3.07. The molecule has 0 amide bonds. The molecule has 0 radical (unpaired) electrons. The summed E-state index contributed by atoms with van der Waals surface area (Å²) < 4.78 is 26.5. The average Bonchev–Trinajstić information content (AvgIpc) is 2.96. The fourth-order valence-corrected chi connectivity index (χ4v) is 4.03. The van der Waals surface area contributed by atoms with E-state index in [0.29, 0.717) is 24.1 Å². The molecule has 0 heterocycles. The third-order valence-electron chi connectivity index (χ3n) is 3.78. The van der Waals surface area contributed by atoms with Crippen molar-refractivity contribution in [1.82, 2.24) is 4.72 Å². The predicted octanol–water partition coefficient (Wildman–Crippen LogP) is 1.26. The van der Waals surface area contributed by atoms with Crippen LogP contribution in [0.3, 0.4) is 0 Å². The van der Waals surface area contributed by atoms with Gasteiger partial charge in [-0.1, -0.05) is 19.3 Å². The first kappa shape index (κ1) is 15.2. The largest absolute Gasteiger partial charge is 0.330 e. The lowest BCUT2D eigenvalue weighted by atomic mass is 10.1. The molecule has 0 saturated heterocycles. The molecular weight excluding hydrogens is 260 g/mol. The molecule has 6 heteroatoms. The zero-order valence-electron chi connectivity index (χ0n) is 10.1. The summed E-state index contributed by atoms with van der Waals surface area (Å²) in [5.41, 5.74) is 5.64. The van der Waals surface area contributed by atoms with Gasteiger partial charge in [0.05, 0.1) is 5.75 Å². The van der Waals surface area contributed by atoms with Crippen molar-refractivity contribution in [3.8, 4) is 0 Å². The van der Waals surface area contributed by atoms with Gasteiger partial charge in [0.15, 0.2) is 0 Å². The standard InChI is InChI=1S/C11H22N2O2S.ClH/c12-8-10-2-1-3-11(10)13-16(14,15)7-6-9-4-5-9;/h9-11,13H,1-8,12H2;1H. The minimum absolute atomic E-state index is 0. The third-order valence-corrected chi connectivity index (χ3v) is 5.22. The van der Waals surface area contributed by atoms with Crippen LogP contribution in [0.4, 0.5) is 0 Å². The summed E-state index contributed by atoms with van der Waals surface area (Å²) in [5, 5.41) is 0. The van der Waals surface area contributed by atoms with E-state index in [9.17, 15) is 8.42 Å².